The summed E-state index contributed by atoms with van der Waals surface area (Å²) < 4.78 is 50.0. The number of esters is 1. The minimum Gasteiger partial charge on any atom is -0.486 e. The molecule has 1 aliphatic rings. The van der Waals surface area contributed by atoms with Crippen LogP contribution in [-0.4, -0.2) is 46.4 Å². The van der Waals surface area contributed by atoms with Crippen LogP contribution < -0.4 is 15.4 Å². The number of rotatable bonds is 8. The average Bonchev–Trinajstić information content (AvgIpc) is 3.40. The summed E-state index contributed by atoms with van der Waals surface area (Å²) >= 11 is 5.60. The maximum Gasteiger partial charge on any atom is 0.417 e. The van der Waals surface area contributed by atoms with E-state index in [0.29, 0.717) is 29.3 Å². The zero-order chi connectivity index (χ0) is 28.0. The van der Waals surface area contributed by atoms with Crippen molar-refractivity contribution < 1.29 is 37.3 Å². The van der Waals surface area contributed by atoms with Crippen molar-refractivity contribution >= 4 is 29.3 Å². The number of H-pyrrole nitrogens is 1. The Labute approximate surface area is 225 Å². The maximum atomic E-state index is 13.0. The summed E-state index contributed by atoms with van der Waals surface area (Å²) in [6.45, 7) is -0.369. The number of carbonyl (C=O) groups excluding carboxylic acids is 2. The molecule has 4 N–H and O–H groups in total. The van der Waals surface area contributed by atoms with Gasteiger partial charge in [0.15, 0.2) is 0 Å². The van der Waals surface area contributed by atoms with E-state index in [4.69, 9.17) is 26.2 Å². The molecular weight excluding hydrogens is 541 g/mol. The van der Waals surface area contributed by atoms with Gasteiger partial charge in [0.25, 0.3) is 0 Å². The van der Waals surface area contributed by atoms with Gasteiger partial charge in [-0.15, -0.1) is 0 Å². The second kappa shape index (κ2) is 12.0. The highest BCUT2D eigenvalue weighted by Crippen LogP contribution is 2.36. The van der Waals surface area contributed by atoms with Gasteiger partial charge in [-0.3, -0.25) is 4.98 Å². The highest BCUT2D eigenvalue weighted by molar-refractivity contribution is 6.31. The normalized spacial score (nSPS) is 14.9. The molecule has 3 aromatic rings. The van der Waals surface area contributed by atoms with Gasteiger partial charge in [-0.1, -0.05) is 17.7 Å². The first-order chi connectivity index (χ1) is 18.6. The lowest BCUT2D eigenvalue weighted by Crippen LogP contribution is -2.29. The van der Waals surface area contributed by atoms with Crippen molar-refractivity contribution in [3.63, 3.8) is 0 Å². The molecule has 0 aliphatic heterocycles. The molecule has 1 aliphatic carbocycles. The number of hydrogen-bond acceptors (Lipinski definition) is 6. The fourth-order valence-electron chi connectivity index (χ4n) is 3.58. The monoisotopic (exact) mass is 562 g/mol. The molecule has 0 saturated carbocycles. The van der Waals surface area contributed by atoms with E-state index in [2.05, 4.69) is 20.6 Å². The first-order valence-electron chi connectivity index (χ1n) is 11.5. The maximum absolute atomic E-state index is 13.0. The minimum absolute atomic E-state index is 0.0597. The molecule has 1 aromatic carbocycles. The number of hydrogen-bond donors (Lipinski definition) is 4. The van der Waals surface area contributed by atoms with Crippen LogP contribution in [0.2, 0.25) is 5.02 Å². The van der Waals surface area contributed by atoms with Crippen molar-refractivity contribution in [2.45, 2.75) is 18.7 Å². The molecule has 13 heteroatoms. The van der Waals surface area contributed by atoms with Crippen molar-refractivity contribution in [2.24, 2.45) is 0 Å². The van der Waals surface area contributed by atoms with Crippen LogP contribution in [0.1, 0.15) is 22.3 Å². The number of nitrogens with zero attached hydrogens (tertiary/aromatic N) is 1. The van der Waals surface area contributed by atoms with Crippen LogP contribution in [0.5, 0.6) is 5.75 Å². The fraction of sp³-hybridized carbons (Fsp3) is 0.192. The summed E-state index contributed by atoms with van der Waals surface area (Å²) in [7, 11) is 0. The number of aromatic amines is 1. The molecule has 1 atom stereocenters. The molecule has 0 bridgehead atoms. The number of benzene rings is 1. The van der Waals surface area contributed by atoms with Crippen molar-refractivity contribution in [3.8, 4) is 17.1 Å². The molecule has 204 valence electrons. The van der Waals surface area contributed by atoms with Crippen LogP contribution in [-0.2, 0) is 10.9 Å². The second-order valence-corrected chi connectivity index (χ2v) is 8.63. The van der Waals surface area contributed by atoms with Gasteiger partial charge in [-0.25, -0.2) is 9.59 Å². The Bertz CT molecular complexity index is 1420. The number of pyridine rings is 1. The largest absolute Gasteiger partial charge is 0.486 e. The number of anilines is 1. The van der Waals surface area contributed by atoms with E-state index in [1.54, 1.807) is 42.6 Å². The number of aliphatic hydroxyl groups excluding tert-OH is 1. The Morgan fingerprint density at radius 1 is 1.18 bits per heavy atom. The van der Waals surface area contributed by atoms with E-state index in [1.807, 2.05) is 0 Å². The summed E-state index contributed by atoms with van der Waals surface area (Å²) in [5.74, 6) is -0.0604. The van der Waals surface area contributed by atoms with Crippen LogP contribution in [0.3, 0.4) is 0 Å². The zero-order valence-corrected chi connectivity index (χ0v) is 20.8. The predicted molar refractivity (Wildman–Crippen MR) is 136 cm³/mol. The summed E-state index contributed by atoms with van der Waals surface area (Å²) in [6.07, 6.45) is 3.49. The number of allylic oxidation sites excluding steroid dienone is 1. The van der Waals surface area contributed by atoms with Gasteiger partial charge in [0, 0.05) is 36.3 Å². The number of aliphatic hydroxyl groups is 1. The Morgan fingerprint density at radius 3 is 2.72 bits per heavy atom. The predicted octanol–water partition coefficient (Wildman–Crippen LogP) is 5.31. The minimum atomic E-state index is -4.65. The standard InChI is InChI=1S/C26H22ClF3N4O5/c27-21-6-3-17(12-20(21)26(28,29)30)34-25(37)33-16-1-4-18(5-2-16)39-19-7-8-31-23(13-19)22-11-15(14-32-22)24(36)38-10-9-35/h1-4,6-8,11-14,18,32,35H,5,9-10H2,(H2,33,34,37). The van der Waals surface area contributed by atoms with Gasteiger partial charge in [-0.2, -0.15) is 13.2 Å². The number of aromatic nitrogens is 2. The molecule has 2 aromatic heterocycles. The topological polar surface area (TPSA) is 126 Å². The second-order valence-electron chi connectivity index (χ2n) is 8.22. The van der Waals surface area contributed by atoms with E-state index < -0.39 is 28.8 Å². The Balaban J connectivity index is 1.31. The van der Waals surface area contributed by atoms with Crippen LogP contribution in [0.4, 0.5) is 23.7 Å². The van der Waals surface area contributed by atoms with Crippen LogP contribution in [0.15, 0.2) is 72.7 Å². The van der Waals surface area contributed by atoms with Gasteiger partial charge in [0.2, 0.25) is 0 Å². The number of halogens is 4. The number of urea groups is 1. The third-order valence-corrected chi connectivity index (χ3v) is 5.72. The number of amides is 2. The molecule has 4 rings (SSSR count). The third kappa shape index (κ3) is 7.39. The molecule has 2 amide bonds. The van der Waals surface area contributed by atoms with E-state index in [-0.39, 0.29) is 30.6 Å². The van der Waals surface area contributed by atoms with E-state index >= 15 is 0 Å². The first-order valence-corrected chi connectivity index (χ1v) is 11.9. The number of nitrogens with one attached hydrogen (secondary N) is 3. The zero-order valence-electron chi connectivity index (χ0n) is 20.1. The molecule has 9 nitrogen and oxygen atoms in total. The van der Waals surface area contributed by atoms with Crippen LogP contribution in [0, 0.1) is 0 Å². The van der Waals surface area contributed by atoms with Crippen LogP contribution in [0.25, 0.3) is 11.4 Å². The summed E-state index contributed by atoms with van der Waals surface area (Å²) in [5, 5.41) is 13.2. The molecule has 0 spiro atoms. The van der Waals surface area contributed by atoms with Gasteiger partial charge >= 0.3 is 18.2 Å². The van der Waals surface area contributed by atoms with Crippen LogP contribution >= 0.6 is 11.6 Å². The molecule has 0 radical (unpaired) electrons. The number of alkyl halides is 3. The first kappa shape index (κ1) is 27.7. The lowest BCUT2D eigenvalue weighted by atomic mass is 10.1. The van der Waals surface area contributed by atoms with Crippen molar-refractivity contribution in [1.29, 1.82) is 0 Å². The highest BCUT2D eigenvalue weighted by atomic mass is 35.5. The van der Waals surface area contributed by atoms with Crippen molar-refractivity contribution in [1.82, 2.24) is 15.3 Å². The molecular formula is C26H22ClF3N4O5. The molecule has 1 unspecified atom stereocenters. The quantitative estimate of drug-likeness (QED) is 0.276. The summed E-state index contributed by atoms with van der Waals surface area (Å²) in [6, 6.07) is 7.31. The molecule has 2 heterocycles. The lowest BCUT2D eigenvalue weighted by molar-refractivity contribution is -0.137. The Hall–Kier alpha value is -4.29. The Morgan fingerprint density at radius 2 is 2.00 bits per heavy atom. The van der Waals surface area contributed by atoms with Gasteiger partial charge < -0.3 is 30.2 Å². The molecule has 0 fully saturated rings. The van der Waals surface area contributed by atoms with Gasteiger partial charge in [0.05, 0.1) is 34.1 Å². The molecule has 39 heavy (non-hydrogen) atoms. The van der Waals surface area contributed by atoms with E-state index in [0.717, 1.165) is 12.1 Å². The SMILES string of the molecule is O=C(NC1=CCC(Oc2ccnc(-c3cc(C(=O)OCCO)c[nH]3)c2)C=C1)Nc1ccc(Cl)c(C(F)(F)F)c1. The summed E-state index contributed by atoms with van der Waals surface area (Å²) in [5.41, 5.74) is 0.716. The van der Waals surface area contributed by atoms with Gasteiger partial charge in [0.1, 0.15) is 18.5 Å². The third-order valence-electron chi connectivity index (χ3n) is 5.39. The highest BCUT2D eigenvalue weighted by Gasteiger charge is 2.33. The van der Waals surface area contributed by atoms with Crippen molar-refractivity contribution in [3.05, 3.63) is 88.9 Å². The van der Waals surface area contributed by atoms with E-state index in [1.165, 1.54) is 12.3 Å². The number of ether oxygens (including phenoxy) is 2. The van der Waals surface area contributed by atoms with Gasteiger partial charge in [-0.05, 0) is 42.5 Å². The lowest BCUT2D eigenvalue weighted by Gasteiger charge is -2.19. The number of carbonyl (C=O) groups is 2. The van der Waals surface area contributed by atoms with Crippen molar-refractivity contribution in [2.75, 3.05) is 18.5 Å². The smallest absolute Gasteiger partial charge is 0.417 e. The summed E-state index contributed by atoms with van der Waals surface area (Å²) in [4.78, 5) is 31.4. The fourth-order valence-corrected chi connectivity index (χ4v) is 3.81. The van der Waals surface area contributed by atoms with E-state index in [9.17, 15) is 22.8 Å². The average molecular weight is 563 g/mol. The Kier molecular flexibility index (Phi) is 8.57. The molecule has 0 saturated heterocycles.